The third kappa shape index (κ3) is 1.96. The van der Waals surface area contributed by atoms with Crippen molar-refractivity contribution in [3.63, 3.8) is 0 Å². The van der Waals surface area contributed by atoms with Gasteiger partial charge in [0, 0.05) is 6.42 Å². The van der Waals surface area contributed by atoms with Crippen molar-refractivity contribution in [3.8, 4) is 11.5 Å². The number of halogens is 1. The van der Waals surface area contributed by atoms with Gasteiger partial charge in [-0.1, -0.05) is 0 Å². The molecular formula is C10H13FO3. The summed E-state index contributed by atoms with van der Waals surface area (Å²) in [5, 5.41) is 27.4. The minimum atomic E-state index is -0.867. The van der Waals surface area contributed by atoms with E-state index in [2.05, 4.69) is 0 Å². The van der Waals surface area contributed by atoms with Gasteiger partial charge in [0.25, 0.3) is 0 Å². The summed E-state index contributed by atoms with van der Waals surface area (Å²) in [6, 6.07) is 1.41. The first-order valence-electron chi connectivity index (χ1n) is 4.31. The molecule has 0 aliphatic rings. The second-order valence-corrected chi connectivity index (χ2v) is 3.42. The fourth-order valence-corrected chi connectivity index (χ4v) is 1.30. The van der Waals surface area contributed by atoms with Gasteiger partial charge in [-0.3, -0.25) is 0 Å². The molecule has 0 aromatic heterocycles. The van der Waals surface area contributed by atoms with Gasteiger partial charge in [0.15, 0.2) is 17.3 Å². The van der Waals surface area contributed by atoms with Gasteiger partial charge < -0.3 is 15.3 Å². The maximum absolute atomic E-state index is 13.3. The summed E-state index contributed by atoms with van der Waals surface area (Å²) in [5.74, 6) is -2.06. The normalized spacial score (nSPS) is 12.9. The van der Waals surface area contributed by atoms with E-state index in [4.69, 9.17) is 5.11 Å². The molecule has 14 heavy (non-hydrogen) atoms. The maximum atomic E-state index is 13.3. The molecule has 1 atom stereocenters. The molecule has 1 unspecified atom stereocenters. The Kier molecular flexibility index (Phi) is 2.96. The summed E-state index contributed by atoms with van der Waals surface area (Å²) in [6.07, 6.45) is -0.576. The molecular weight excluding hydrogens is 187 g/mol. The molecule has 0 bridgehead atoms. The van der Waals surface area contributed by atoms with E-state index >= 15 is 0 Å². The molecule has 0 saturated heterocycles. The minimum Gasteiger partial charge on any atom is -0.504 e. The number of aliphatic hydroxyl groups excluding tert-OH is 1. The summed E-state index contributed by atoms with van der Waals surface area (Å²) >= 11 is 0. The lowest BCUT2D eigenvalue weighted by Crippen LogP contribution is -2.06. The van der Waals surface area contributed by atoms with Crippen molar-refractivity contribution in [2.24, 2.45) is 0 Å². The van der Waals surface area contributed by atoms with E-state index in [1.54, 1.807) is 6.92 Å². The highest BCUT2D eigenvalue weighted by molar-refractivity contribution is 5.48. The van der Waals surface area contributed by atoms with Crippen LogP contribution in [0.1, 0.15) is 18.1 Å². The van der Waals surface area contributed by atoms with Crippen molar-refractivity contribution in [3.05, 3.63) is 23.0 Å². The molecule has 0 aliphatic carbocycles. The summed E-state index contributed by atoms with van der Waals surface area (Å²) in [5.41, 5.74) is 0.590. The minimum absolute atomic E-state index is 0.112. The van der Waals surface area contributed by atoms with Crippen LogP contribution in [0.25, 0.3) is 0 Å². The van der Waals surface area contributed by atoms with E-state index in [-0.39, 0.29) is 12.0 Å². The Labute approximate surface area is 81.4 Å². The maximum Gasteiger partial charge on any atom is 0.194 e. The van der Waals surface area contributed by atoms with Crippen LogP contribution in [0.3, 0.4) is 0 Å². The third-order valence-electron chi connectivity index (χ3n) is 1.99. The van der Waals surface area contributed by atoms with Crippen LogP contribution < -0.4 is 0 Å². The van der Waals surface area contributed by atoms with Crippen molar-refractivity contribution in [1.82, 2.24) is 0 Å². The van der Waals surface area contributed by atoms with Crippen molar-refractivity contribution >= 4 is 0 Å². The Morgan fingerprint density at radius 2 is 1.93 bits per heavy atom. The number of hydrogen-bond donors (Lipinski definition) is 3. The quantitative estimate of drug-likeness (QED) is 0.633. The number of benzene rings is 1. The highest BCUT2D eigenvalue weighted by Gasteiger charge is 2.15. The number of phenols is 2. The number of rotatable bonds is 2. The topological polar surface area (TPSA) is 60.7 Å². The van der Waals surface area contributed by atoms with Gasteiger partial charge in [-0.2, -0.15) is 0 Å². The lowest BCUT2D eigenvalue weighted by atomic mass is 10.0. The first-order chi connectivity index (χ1) is 6.43. The van der Waals surface area contributed by atoms with Crippen molar-refractivity contribution in [2.75, 3.05) is 0 Å². The van der Waals surface area contributed by atoms with E-state index in [9.17, 15) is 14.6 Å². The average molecular weight is 200 g/mol. The molecule has 0 saturated carbocycles. The molecule has 0 fully saturated rings. The fourth-order valence-electron chi connectivity index (χ4n) is 1.30. The largest absolute Gasteiger partial charge is 0.504 e. The molecule has 1 aromatic rings. The average Bonchev–Trinajstić information content (AvgIpc) is 2.10. The molecule has 0 aliphatic heterocycles. The predicted octanol–water partition coefficient (Wildman–Crippen LogP) is 1.47. The lowest BCUT2D eigenvalue weighted by molar-refractivity contribution is 0.193. The number of aromatic hydroxyl groups is 2. The van der Waals surface area contributed by atoms with Crippen molar-refractivity contribution in [1.29, 1.82) is 0 Å². The van der Waals surface area contributed by atoms with Crippen LogP contribution in [-0.2, 0) is 6.42 Å². The predicted molar refractivity (Wildman–Crippen MR) is 49.9 cm³/mol. The second kappa shape index (κ2) is 3.84. The molecule has 0 amide bonds. The Bertz CT molecular complexity index is 348. The smallest absolute Gasteiger partial charge is 0.194 e. The summed E-state index contributed by atoms with van der Waals surface area (Å²) in [7, 11) is 0. The standard InChI is InChI=1S/C10H13FO3/c1-5-3-7(4-6(2)12)8(11)10(14)9(5)13/h3,6,12-14H,4H2,1-2H3. The molecule has 3 nitrogen and oxygen atoms in total. The first-order valence-corrected chi connectivity index (χ1v) is 4.31. The molecule has 1 aromatic carbocycles. The van der Waals surface area contributed by atoms with E-state index in [0.29, 0.717) is 5.56 Å². The SMILES string of the molecule is Cc1cc(CC(C)O)c(F)c(O)c1O. The van der Waals surface area contributed by atoms with Gasteiger partial charge in [0.05, 0.1) is 6.10 Å². The van der Waals surface area contributed by atoms with Crippen molar-refractivity contribution < 1.29 is 19.7 Å². The molecule has 4 heteroatoms. The Balaban J connectivity index is 3.19. The monoisotopic (exact) mass is 200 g/mol. The lowest BCUT2D eigenvalue weighted by Gasteiger charge is -2.10. The molecule has 78 valence electrons. The first kappa shape index (κ1) is 10.8. The number of phenolic OH excluding ortho intramolecular Hbond substituents is 2. The number of aryl methyl sites for hydroxylation is 1. The van der Waals surface area contributed by atoms with Gasteiger partial charge >= 0.3 is 0 Å². The van der Waals surface area contributed by atoms with Crippen LogP contribution in [0.4, 0.5) is 4.39 Å². The van der Waals surface area contributed by atoms with E-state index in [1.807, 2.05) is 0 Å². The number of hydrogen-bond acceptors (Lipinski definition) is 3. The van der Waals surface area contributed by atoms with E-state index in [1.165, 1.54) is 13.0 Å². The highest BCUT2D eigenvalue weighted by Crippen LogP contribution is 2.33. The van der Waals surface area contributed by atoms with Crippen molar-refractivity contribution in [2.45, 2.75) is 26.4 Å². The summed E-state index contributed by atoms with van der Waals surface area (Å²) < 4.78 is 13.3. The molecule has 3 N–H and O–H groups in total. The number of aliphatic hydroxyl groups is 1. The summed E-state index contributed by atoms with van der Waals surface area (Å²) in [6.45, 7) is 3.08. The summed E-state index contributed by atoms with van der Waals surface area (Å²) in [4.78, 5) is 0. The highest BCUT2D eigenvalue weighted by atomic mass is 19.1. The zero-order valence-electron chi connectivity index (χ0n) is 8.08. The zero-order chi connectivity index (χ0) is 10.9. The van der Waals surface area contributed by atoms with E-state index < -0.39 is 23.4 Å². The van der Waals surface area contributed by atoms with Crippen LogP contribution >= 0.6 is 0 Å². The molecule has 0 spiro atoms. The third-order valence-corrected chi connectivity index (χ3v) is 1.99. The van der Waals surface area contributed by atoms with Crippen LogP contribution in [0.5, 0.6) is 11.5 Å². The van der Waals surface area contributed by atoms with Gasteiger partial charge in [-0.15, -0.1) is 0 Å². The van der Waals surface area contributed by atoms with Crippen LogP contribution in [0.2, 0.25) is 0 Å². The van der Waals surface area contributed by atoms with Gasteiger partial charge in [0.2, 0.25) is 0 Å². The van der Waals surface area contributed by atoms with Gasteiger partial charge in [0.1, 0.15) is 0 Å². The Hall–Kier alpha value is -1.29. The Morgan fingerprint density at radius 3 is 2.43 bits per heavy atom. The van der Waals surface area contributed by atoms with E-state index in [0.717, 1.165) is 0 Å². The van der Waals surface area contributed by atoms with Gasteiger partial charge in [-0.25, -0.2) is 4.39 Å². The molecule has 0 heterocycles. The Morgan fingerprint density at radius 1 is 1.36 bits per heavy atom. The second-order valence-electron chi connectivity index (χ2n) is 3.42. The van der Waals surface area contributed by atoms with Crippen LogP contribution in [-0.4, -0.2) is 21.4 Å². The van der Waals surface area contributed by atoms with Gasteiger partial charge in [-0.05, 0) is 31.0 Å². The molecule has 0 radical (unpaired) electrons. The zero-order valence-corrected chi connectivity index (χ0v) is 8.08. The van der Waals surface area contributed by atoms with Crippen LogP contribution in [0.15, 0.2) is 6.07 Å². The van der Waals surface area contributed by atoms with Crippen LogP contribution in [0, 0.1) is 12.7 Å². The molecule has 1 rings (SSSR count). The fraction of sp³-hybridized carbons (Fsp3) is 0.400.